The third-order valence-corrected chi connectivity index (χ3v) is 4.17. The van der Waals surface area contributed by atoms with Crippen LogP contribution in [0.25, 0.3) is 0 Å². The van der Waals surface area contributed by atoms with Crippen LogP contribution in [0, 0.1) is 0 Å². The third-order valence-electron chi connectivity index (χ3n) is 3.35. The third kappa shape index (κ3) is 1.95. The number of hydrogen-bond donors (Lipinski definition) is 1. The van der Waals surface area contributed by atoms with Crippen LogP contribution in [0.3, 0.4) is 0 Å². The molecule has 1 aromatic rings. The molecule has 0 amide bonds. The lowest BCUT2D eigenvalue weighted by Crippen LogP contribution is -2.29. The fraction of sp³-hybridized carbons (Fsp3) is 0.500. The first-order valence-electron chi connectivity index (χ1n) is 5.31. The van der Waals surface area contributed by atoms with Crippen LogP contribution in [0.4, 0.5) is 0 Å². The molecule has 1 saturated heterocycles. The van der Waals surface area contributed by atoms with E-state index >= 15 is 0 Å². The Labute approximate surface area is 106 Å². The van der Waals surface area contributed by atoms with Crippen LogP contribution in [-0.2, 0) is 5.60 Å². The van der Waals surface area contributed by atoms with E-state index in [4.69, 9.17) is 23.2 Å². The molecule has 0 bridgehead atoms. The Balaban J connectivity index is 2.41. The minimum Gasteiger partial charge on any atom is -0.384 e. The van der Waals surface area contributed by atoms with Gasteiger partial charge in [0.15, 0.2) is 0 Å². The molecule has 0 radical (unpaired) electrons. The predicted molar refractivity (Wildman–Crippen MR) is 67.1 cm³/mol. The second kappa shape index (κ2) is 4.19. The van der Waals surface area contributed by atoms with Gasteiger partial charge in [-0.05, 0) is 26.5 Å². The van der Waals surface area contributed by atoms with E-state index in [9.17, 15) is 5.11 Å². The van der Waals surface area contributed by atoms with Crippen molar-refractivity contribution in [2.24, 2.45) is 0 Å². The SMILES string of the molecule is CC1CC(O)(c2cccc(Cl)c2Cl)CN1C. The molecule has 2 unspecified atom stereocenters. The number of likely N-dealkylation sites (N-methyl/N-ethyl adjacent to an activating group) is 1. The van der Waals surface area contributed by atoms with E-state index < -0.39 is 5.60 Å². The molecular formula is C12H15Cl2NO. The number of likely N-dealkylation sites (tertiary alicyclic amines) is 1. The summed E-state index contributed by atoms with van der Waals surface area (Å²) in [5.74, 6) is 0. The first-order chi connectivity index (χ1) is 7.44. The maximum Gasteiger partial charge on any atom is 0.105 e. The van der Waals surface area contributed by atoms with Gasteiger partial charge in [0.2, 0.25) is 0 Å². The van der Waals surface area contributed by atoms with Gasteiger partial charge in [-0.1, -0.05) is 35.3 Å². The lowest BCUT2D eigenvalue weighted by Gasteiger charge is -2.24. The van der Waals surface area contributed by atoms with E-state index in [1.54, 1.807) is 6.07 Å². The van der Waals surface area contributed by atoms with Gasteiger partial charge in [0.25, 0.3) is 0 Å². The van der Waals surface area contributed by atoms with Gasteiger partial charge < -0.3 is 10.0 Å². The number of nitrogens with zero attached hydrogens (tertiary/aromatic N) is 1. The molecule has 1 heterocycles. The van der Waals surface area contributed by atoms with Gasteiger partial charge in [0.05, 0.1) is 10.0 Å². The van der Waals surface area contributed by atoms with Gasteiger partial charge in [0, 0.05) is 18.2 Å². The van der Waals surface area contributed by atoms with E-state index in [1.165, 1.54) is 0 Å². The average molecular weight is 260 g/mol. The maximum atomic E-state index is 10.6. The lowest BCUT2D eigenvalue weighted by atomic mass is 9.91. The van der Waals surface area contributed by atoms with Crippen molar-refractivity contribution >= 4 is 23.2 Å². The molecule has 2 nitrogen and oxygen atoms in total. The summed E-state index contributed by atoms with van der Waals surface area (Å²) < 4.78 is 0. The van der Waals surface area contributed by atoms with Crippen LogP contribution < -0.4 is 0 Å². The number of benzene rings is 1. The molecule has 0 aliphatic carbocycles. The molecule has 0 saturated carbocycles. The highest BCUT2D eigenvalue weighted by molar-refractivity contribution is 6.42. The Morgan fingerprint density at radius 1 is 1.44 bits per heavy atom. The van der Waals surface area contributed by atoms with Crippen molar-refractivity contribution in [3.05, 3.63) is 33.8 Å². The van der Waals surface area contributed by atoms with Crippen molar-refractivity contribution in [2.45, 2.75) is 25.0 Å². The zero-order chi connectivity index (χ0) is 11.9. The van der Waals surface area contributed by atoms with E-state index in [-0.39, 0.29) is 0 Å². The molecule has 88 valence electrons. The molecule has 0 spiro atoms. The summed E-state index contributed by atoms with van der Waals surface area (Å²) in [6, 6.07) is 5.75. The Morgan fingerprint density at radius 2 is 2.12 bits per heavy atom. The molecule has 1 N–H and O–H groups in total. The zero-order valence-corrected chi connectivity index (χ0v) is 10.9. The van der Waals surface area contributed by atoms with Crippen molar-refractivity contribution in [1.82, 2.24) is 4.90 Å². The second-order valence-corrected chi connectivity index (χ2v) is 5.39. The van der Waals surface area contributed by atoms with Crippen LogP contribution in [0.1, 0.15) is 18.9 Å². The molecule has 16 heavy (non-hydrogen) atoms. The van der Waals surface area contributed by atoms with Crippen LogP contribution >= 0.6 is 23.2 Å². The van der Waals surface area contributed by atoms with Crippen LogP contribution in [0.2, 0.25) is 10.0 Å². The van der Waals surface area contributed by atoms with Gasteiger partial charge in [-0.3, -0.25) is 0 Å². The number of hydrogen-bond acceptors (Lipinski definition) is 2. The highest BCUT2D eigenvalue weighted by Gasteiger charge is 2.41. The van der Waals surface area contributed by atoms with Crippen molar-refractivity contribution in [3.63, 3.8) is 0 Å². The topological polar surface area (TPSA) is 23.5 Å². The quantitative estimate of drug-likeness (QED) is 0.839. The summed E-state index contributed by atoms with van der Waals surface area (Å²) in [7, 11) is 2.00. The minimum absolute atomic E-state index is 0.347. The summed E-state index contributed by atoms with van der Waals surface area (Å²) in [6.45, 7) is 2.69. The summed E-state index contributed by atoms with van der Waals surface area (Å²) in [4.78, 5) is 2.12. The standard InChI is InChI=1S/C12H15Cl2NO/c1-8-6-12(16,7-15(8)2)9-4-3-5-10(13)11(9)14/h3-5,8,16H,6-7H2,1-2H3. The summed E-state index contributed by atoms with van der Waals surface area (Å²) in [5.41, 5.74) is -0.145. The van der Waals surface area contributed by atoms with Gasteiger partial charge in [0.1, 0.15) is 5.60 Å². The van der Waals surface area contributed by atoms with Gasteiger partial charge in [-0.25, -0.2) is 0 Å². The largest absolute Gasteiger partial charge is 0.384 e. The van der Waals surface area contributed by atoms with Crippen LogP contribution in [-0.4, -0.2) is 29.6 Å². The van der Waals surface area contributed by atoms with Crippen molar-refractivity contribution < 1.29 is 5.11 Å². The van der Waals surface area contributed by atoms with E-state index in [0.717, 1.165) is 5.56 Å². The number of rotatable bonds is 1. The molecule has 2 atom stereocenters. The monoisotopic (exact) mass is 259 g/mol. The normalized spacial score (nSPS) is 30.9. The summed E-state index contributed by atoms with van der Waals surface area (Å²) >= 11 is 12.1. The maximum absolute atomic E-state index is 10.6. The van der Waals surface area contributed by atoms with Gasteiger partial charge in [-0.2, -0.15) is 0 Å². The summed E-state index contributed by atoms with van der Waals surface area (Å²) in [6.07, 6.45) is 0.684. The number of halogens is 2. The fourth-order valence-corrected chi connectivity index (χ4v) is 2.81. The Bertz CT molecular complexity index is 398. The predicted octanol–water partition coefficient (Wildman–Crippen LogP) is 2.91. The highest BCUT2D eigenvalue weighted by Crippen LogP contribution is 2.40. The lowest BCUT2D eigenvalue weighted by molar-refractivity contribution is 0.0487. The Hall–Kier alpha value is -0.280. The highest BCUT2D eigenvalue weighted by atomic mass is 35.5. The Morgan fingerprint density at radius 3 is 2.69 bits per heavy atom. The smallest absolute Gasteiger partial charge is 0.105 e. The first kappa shape index (κ1) is 12.2. The number of β-amino-alcohol motifs (C(OH)–C–C–N with tert-alkyl or cyclic N) is 1. The minimum atomic E-state index is -0.879. The molecule has 1 aliphatic rings. The molecular weight excluding hydrogens is 245 g/mol. The zero-order valence-electron chi connectivity index (χ0n) is 9.37. The summed E-state index contributed by atoms with van der Waals surface area (Å²) in [5, 5.41) is 11.6. The van der Waals surface area contributed by atoms with Crippen LogP contribution in [0.5, 0.6) is 0 Å². The molecule has 1 aromatic carbocycles. The van der Waals surface area contributed by atoms with E-state index in [0.29, 0.717) is 29.1 Å². The average Bonchev–Trinajstić information content (AvgIpc) is 2.46. The van der Waals surface area contributed by atoms with Gasteiger partial charge >= 0.3 is 0 Å². The Kier molecular flexibility index (Phi) is 3.19. The van der Waals surface area contributed by atoms with E-state index in [1.807, 2.05) is 19.2 Å². The molecule has 1 aliphatic heterocycles. The van der Waals surface area contributed by atoms with Crippen molar-refractivity contribution in [2.75, 3.05) is 13.6 Å². The molecule has 0 aromatic heterocycles. The molecule has 1 fully saturated rings. The van der Waals surface area contributed by atoms with Gasteiger partial charge in [-0.15, -0.1) is 0 Å². The molecule has 2 rings (SSSR count). The second-order valence-electron chi connectivity index (χ2n) is 4.60. The van der Waals surface area contributed by atoms with Crippen LogP contribution in [0.15, 0.2) is 18.2 Å². The molecule has 4 heteroatoms. The van der Waals surface area contributed by atoms with E-state index in [2.05, 4.69) is 11.8 Å². The van der Waals surface area contributed by atoms with Crippen molar-refractivity contribution in [1.29, 1.82) is 0 Å². The number of aliphatic hydroxyl groups is 1. The first-order valence-corrected chi connectivity index (χ1v) is 6.07. The fourth-order valence-electron chi connectivity index (χ4n) is 2.34. The van der Waals surface area contributed by atoms with Crippen molar-refractivity contribution in [3.8, 4) is 0 Å².